The van der Waals surface area contributed by atoms with E-state index in [4.69, 9.17) is 4.98 Å². The number of aliphatic hydroxyl groups excluding tert-OH is 1. The Bertz CT molecular complexity index is 785. The summed E-state index contributed by atoms with van der Waals surface area (Å²) < 4.78 is 2.21. The van der Waals surface area contributed by atoms with Crippen LogP contribution in [0, 0.1) is 0 Å². The summed E-state index contributed by atoms with van der Waals surface area (Å²) in [7, 11) is 0. The Balaban J connectivity index is 2.18. The largest absolute Gasteiger partial charge is 0.389 e. The third-order valence-electron chi connectivity index (χ3n) is 4.15. The monoisotopic (exact) mass is 294 g/mol. The Morgan fingerprint density at radius 1 is 1.05 bits per heavy atom. The smallest absolute Gasteiger partial charge is 0.114 e. The van der Waals surface area contributed by atoms with Crippen LogP contribution >= 0.6 is 0 Å². The van der Waals surface area contributed by atoms with Gasteiger partial charge in [0.2, 0.25) is 0 Å². The number of hydrogen-bond acceptors (Lipinski definition) is 2. The van der Waals surface area contributed by atoms with E-state index in [2.05, 4.69) is 48.7 Å². The zero-order chi connectivity index (χ0) is 15.7. The quantitative estimate of drug-likeness (QED) is 0.783. The Kier molecular flexibility index (Phi) is 3.99. The minimum Gasteiger partial charge on any atom is -0.389 e. The molecular formula is C19H22N2O. The predicted molar refractivity (Wildman–Crippen MR) is 90.5 cm³/mol. The van der Waals surface area contributed by atoms with Crippen molar-refractivity contribution in [3.63, 3.8) is 0 Å². The summed E-state index contributed by atoms with van der Waals surface area (Å²) in [5.41, 5.74) is 5.41. The van der Waals surface area contributed by atoms with Crippen LogP contribution < -0.4 is 0 Å². The van der Waals surface area contributed by atoms with Crippen molar-refractivity contribution in [1.29, 1.82) is 0 Å². The number of benzene rings is 2. The molecule has 114 valence electrons. The van der Waals surface area contributed by atoms with Gasteiger partial charge in [-0.25, -0.2) is 4.98 Å². The van der Waals surface area contributed by atoms with Crippen molar-refractivity contribution >= 4 is 11.0 Å². The fourth-order valence-corrected chi connectivity index (χ4v) is 2.81. The van der Waals surface area contributed by atoms with Gasteiger partial charge in [-0.05, 0) is 48.7 Å². The molecule has 2 aromatic carbocycles. The third kappa shape index (κ3) is 2.53. The summed E-state index contributed by atoms with van der Waals surface area (Å²) in [4.78, 5) is 4.75. The lowest BCUT2D eigenvalue weighted by atomic mass is 10.1. The summed E-state index contributed by atoms with van der Waals surface area (Å²) in [6.45, 7) is 6.06. The summed E-state index contributed by atoms with van der Waals surface area (Å²) >= 11 is 0. The zero-order valence-corrected chi connectivity index (χ0v) is 13.4. The van der Waals surface area contributed by atoms with E-state index in [0.717, 1.165) is 41.0 Å². The van der Waals surface area contributed by atoms with Crippen molar-refractivity contribution in [3.8, 4) is 5.69 Å². The van der Waals surface area contributed by atoms with Crippen LogP contribution in [0.15, 0.2) is 42.5 Å². The highest BCUT2D eigenvalue weighted by Gasteiger charge is 2.12. The molecule has 0 saturated heterocycles. The molecule has 3 rings (SSSR count). The minimum absolute atomic E-state index is 0.469. The van der Waals surface area contributed by atoms with E-state index in [9.17, 15) is 5.11 Å². The number of aliphatic hydroxyl groups is 1. The Morgan fingerprint density at radius 2 is 1.77 bits per heavy atom. The third-order valence-corrected chi connectivity index (χ3v) is 4.15. The second-order valence-electron chi connectivity index (χ2n) is 5.66. The molecule has 0 spiro atoms. The molecule has 0 aliphatic carbocycles. The summed E-state index contributed by atoms with van der Waals surface area (Å²) in [5, 5.41) is 9.76. The first-order valence-corrected chi connectivity index (χ1v) is 7.92. The minimum atomic E-state index is -0.469. The average molecular weight is 294 g/mol. The van der Waals surface area contributed by atoms with Gasteiger partial charge in [0.1, 0.15) is 5.82 Å². The molecule has 1 aromatic heterocycles. The summed E-state index contributed by atoms with van der Waals surface area (Å²) in [6.07, 6.45) is 1.45. The van der Waals surface area contributed by atoms with E-state index in [1.165, 1.54) is 5.56 Å². The van der Waals surface area contributed by atoms with Crippen molar-refractivity contribution in [1.82, 2.24) is 9.55 Å². The second kappa shape index (κ2) is 5.93. The first-order valence-electron chi connectivity index (χ1n) is 7.92. The second-order valence-corrected chi connectivity index (χ2v) is 5.66. The van der Waals surface area contributed by atoms with Crippen LogP contribution in [0.4, 0.5) is 0 Å². The lowest BCUT2D eigenvalue weighted by molar-refractivity contribution is 0.199. The number of aryl methyl sites for hydroxylation is 2. The van der Waals surface area contributed by atoms with E-state index in [0.29, 0.717) is 0 Å². The van der Waals surface area contributed by atoms with E-state index in [1.807, 2.05) is 12.1 Å². The molecule has 3 nitrogen and oxygen atoms in total. The predicted octanol–water partition coefficient (Wildman–Crippen LogP) is 4.20. The Labute approximate surface area is 131 Å². The van der Waals surface area contributed by atoms with Crippen molar-refractivity contribution in [3.05, 3.63) is 59.4 Å². The first kappa shape index (κ1) is 14.8. The van der Waals surface area contributed by atoms with Crippen molar-refractivity contribution < 1.29 is 5.11 Å². The maximum Gasteiger partial charge on any atom is 0.114 e. The fourth-order valence-electron chi connectivity index (χ4n) is 2.81. The molecule has 0 saturated carbocycles. The molecule has 1 unspecified atom stereocenters. The van der Waals surface area contributed by atoms with Crippen molar-refractivity contribution in [2.75, 3.05) is 0 Å². The van der Waals surface area contributed by atoms with Crippen LogP contribution in [-0.2, 0) is 12.8 Å². The van der Waals surface area contributed by atoms with Crippen LogP contribution in [-0.4, -0.2) is 14.7 Å². The van der Waals surface area contributed by atoms with Gasteiger partial charge in [0, 0.05) is 12.1 Å². The van der Waals surface area contributed by atoms with E-state index < -0.39 is 6.10 Å². The molecule has 22 heavy (non-hydrogen) atoms. The molecule has 3 aromatic rings. The Hall–Kier alpha value is -2.13. The molecule has 0 fully saturated rings. The highest BCUT2D eigenvalue weighted by atomic mass is 16.3. The number of hydrogen-bond donors (Lipinski definition) is 1. The van der Waals surface area contributed by atoms with Gasteiger partial charge >= 0.3 is 0 Å². The molecule has 0 radical (unpaired) electrons. The topological polar surface area (TPSA) is 38.0 Å². The van der Waals surface area contributed by atoms with Gasteiger partial charge in [-0.2, -0.15) is 0 Å². The van der Waals surface area contributed by atoms with Gasteiger partial charge in [-0.1, -0.05) is 32.0 Å². The molecule has 0 aliphatic rings. The van der Waals surface area contributed by atoms with Gasteiger partial charge in [-0.15, -0.1) is 0 Å². The van der Waals surface area contributed by atoms with Crippen molar-refractivity contribution in [2.24, 2.45) is 0 Å². The standard InChI is InChI=1S/C19H22N2O/c1-4-14-6-9-16(10-7-14)21-18-11-8-15(13(3)22)12-17(18)20-19(21)5-2/h6-13,22H,4-5H2,1-3H3. The van der Waals surface area contributed by atoms with Crippen molar-refractivity contribution in [2.45, 2.75) is 39.7 Å². The fraction of sp³-hybridized carbons (Fsp3) is 0.316. The van der Waals surface area contributed by atoms with Gasteiger partial charge < -0.3 is 5.11 Å². The van der Waals surface area contributed by atoms with Crippen LogP contribution in [0.3, 0.4) is 0 Å². The molecule has 0 aliphatic heterocycles. The molecule has 1 atom stereocenters. The van der Waals surface area contributed by atoms with Gasteiger partial charge in [0.05, 0.1) is 17.1 Å². The normalized spacial score (nSPS) is 12.7. The average Bonchev–Trinajstić information content (AvgIpc) is 2.92. The van der Waals surface area contributed by atoms with Gasteiger partial charge in [-0.3, -0.25) is 4.57 Å². The maximum absolute atomic E-state index is 9.76. The van der Waals surface area contributed by atoms with E-state index in [1.54, 1.807) is 6.92 Å². The SMILES string of the molecule is CCc1ccc(-n2c(CC)nc3cc(C(C)O)ccc32)cc1. The molecule has 0 bridgehead atoms. The lowest BCUT2D eigenvalue weighted by Gasteiger charge is -2.10. The summed E-state index contributed by atoms with van der Waals surface area (Å²) in [6, 6.07) is 14.7. The summed E-state index contributed by atoms with van der Waals surface area (Å²) in [5.74, 6) is 1.04. The molecule has 1 N–H and O–H groups in total. The molecule has 1 heterocycles. The molecular weight excluding hydrogens is 272 g/mol. The maximum atomic E-state index is 9.76. The number of imidazole rings is 1. The molecule has 0 amide bonds. The van der Waals surface area contributed by atoms with Gasteiger partial charge in [0.25, 0.3) is 0 Å². The first-order chi connectivity index (χ1) is 10.6. The van der Waals surface area contributed by atoms with Crippen LogP contribution in [0.5, 0.6) is 0 Å². The number of aromatic nitrogens is 2. The zero-order valence-electron chi connectivity index (χ0n) is 13.4. The highest BCUT2D eigenvalue weighted by Crippen LogP contribution is 2.25. The Morgan fingerprint density at radius 3 is 2.36 bits per heavy atom. The van der Waals surface area contributed by atoms with Gasteiger partial charge in [0.15, 0.2) is 0 Å². The van der Waals surface area contributed by atoms with E-state index >= 15 is 0 Å². The van der Waals surface area contributed by atoms with Crippen LogP contribution in [0.25, 0.3) is 16.7 Å². The molecule has 3 heteroatoms. The van der Waals surface area contributed by atoms with E-state index in [-0.39, 0.29) is 0 Å². The van der Waals surface area contributed by atoms with Crippen LogP contribution in [0.1, 0.15) is 43.8 Å². The lowest BCUT2D eigenvalue weighted by Crippen LogP contribution is -2.00. The van der Waals surface area contributed by atoms with Crippen LogP contribution in [0.2, 0.25) is 0 Å². The number of nitrogens with zero attached hydrogens (tertiary/aromatic N) is 2. The number of fused-ring (bicyclic) bond motifs is 1. The number of rotatable bonds is 4. The highest BCUT2D eigenvalue weighted by molar-refractivity contribution is 5.79.